The standard InChI is InChI=1S/C18H26N4O23P4.4Na/c23-9-1-3-21(17(29)19-9)15-13(27)11(25)7(41-15)5-39-46(31,32)43-48(35,36)45-49(37,38)44-47(33,34)40-6-8-12(26)14(28)16(42-8)22-4-2-10(24)20-18(22)30;;;;/h1-4,7-8,11-16,25-28H,5-6H2,(H,31,32)(H,33,34)(H,35,36)(H,37,38)(H,19,23,29)(H,20,24,30);;;;/q;4*+1/p-4/t7-,8-,11?,12?,13+,14?,15-,16-;;;;/m1..../s1. The van der Waals surface area contributed by atoms with E-state index in [-0.39, 0.29) is 118 Å². The van der Waals surface area contributed by atoms with Gasteiger partial charge in [0.2, 0.25) is 0 Å². The molecule has 0 spiro atoms. The van der Waals surface area contributed by atoms with E-state index in [4.69, 9.17) is 9.47 Å². The van der Waals surface area contributed by atoms with Crippen LogP contribution < -0.4 is 160 Å². The monoisotopic (exact) mass is 878 g/mol. The second-order valence-electron chi connectivity index (χ2n) is 9.75. The van der Waals surface area contributed by atoms with E-state index in [0.29, 0.717) is 9.13 Å². The molecular formula is C18H22N4Na4O23P4. The number of nitrogens with one attached hydrogen (secondary N) is 2. The van der Waals surface area contributed by atoms with Crippen molar-refractivity contribution >= 4 is 31.3 Å². The van der Waals surface area contributed by atoms with Crippen LogP contribution in [0.2, 0.25) is 0 Å². The summed E-state index contributed by atoms with van der Waals surface area (Å²) in [5, 5.41) is 40.5. The van der Waals surface area contributed by atoms with Gasteiger partial charge in [0.25, 0.3) is 42.4 Å². The van der Waals surface area contributed by atoms with Crippen LogP contribution in [-0.2, 0) is 49.7 Å². The number of aliphatic hydroxyl groups is 4. The van der Waals surface area contributed by atoms with E-state index in [1.54, 1.807) is 0 Å². The molecule has 0 bridgehead atoms. The number of aliphatic hydroxyl groups excluding tert-OH is 4. The van der Waals surface area contributed by atoms with Gasteiger partial charge in [-0.25, -0.2) is 22.5 Å². The molecule has 27 nitrogen and oxygen atoms in total. The summed E-state index contributed by atoms with van der Waals surface area (Å²) in [5.74, 6) is 0. The van der Waals surface area contributed by atoms with E-state index < -0.39 is 116 Å². The maximum atomic E-state index is 12.0. The van der Waals surface area contributed by atoms with Crippen molar-refractivity contribution in [2.75, 3.05) is 13.2 Å². The zero-order valence-electron chi connectivity index (χ0n) is 27.6. The second kappa shape index (κ2) is 21.8. The number of aromatic amines is 2. The molecule has 35 heteroatoms. The Morgan fingerprint density at radius 2 is 0.887 bits per heavy atom. The quantitative estimate of drug-likeness (QED) is 0.0758. The molecular weight excluding hydrogens is 856 g/mol. The number of H-pyrrole nitrogens is 2. The molecule has 0 aromatic carbocycles. The summed E-state index contributed by atoms with van der Waals surface area (Å²) in [6.07, 6.45) is -13.2. The number of phosphoric ester groups is 2. The third-order valence-electron chi connectivity index (χ3n) is 6.32. The first-order valence-electron chi connectivity index (χ1n) is 12.8. The summed E-state index contributed by atoms with van der Waals surface area (Å²) in [6, 6.07) is 1.68. The molecule has 2 aliphatic heterocycles. The molecule has 2 aromatic heterocycles. The number of nitrogens with zero attached hydrogens (tertiary/aromatic N) is 2. The molecule has 2 aromatic rings. The van der Waals surface area contributed by atoms with Crippen LogP contribution in [0.1, 0.15) is 12.5 Å². The van der Waals surface area contributed by atoms with Gasteiger partial charge in [-0.2, -0.15) is 0 Å². The van der Waals surface area contributed by atoms with Gasteiger partial charge in [0.05, 0.1) is 13.2 Å². The number of rotatable bonds is 14. The number of hydrogen-bond acceptors (Lipinski definition) is 23. The van der Waals surface area contributed by atoms with Crippen molar-refractivity contribution in [3.05, 3.63) is 66.2 Å². The molecule has 53 heavy (non-hydrogen) atoms. The number of hydrogen-bond donors (Lipinski definition) is 6. The van der Waals surface area contributed by atoms with Gasteiger partial charge in [0.1, 0.15) is 36.6 Å². The van der Waals surface area contributed by atoms with E-state index in [2.05, 4.69) is 22.0 Å². The van der Waals surface area contributed by atoms with Gasteiger partial charge in [-0.3, -0.25) is 47.0 Å². The molecule has 7 unspecified atom stereocenters. The number of phosphoric acid groups is 4. The van der Waals surface area contributed by atoms with Crippen LogP contribution in [0.15, 0.2) is 43.7 Å². The normalized spacial score (nSPS) is 29.7. The third kappa shape index (κ3) is 15.0. The fourth-order valence-electron chi connectivity index (χ4n) is 4.22. The largest absolute Gasteiger partial charge is 1.00 e. The van der Waals surface area contributed by atoms with E-state index in [0.717, 1.165) is 24.5 Å². The van der Waals surface area contributed by atoms with Crippen molar-refractivity contribution in [3.8, 4) is 0 Å². The summed E-state index contributed by atoms with van der Waals surface area (Å²) in [7, 11) is -25.6. The maximum absolute atomic E-state index is 12.0. The summed E-state index contributed by atoms with van der Waals surface area (Å²) in [6.45, 7) is -2.66. The first-order chi connectivity index (χ1) is 22.5. The van der Waals surface area contributed by atoms with Crippen LogP contribution in [0.3, 0.4) is 0 Å². The maximum Gasteiger partial charge on any atom is 1.00 e. The summed E-state index contributed by atoms with van der Waals surface area (Å²) < 4.78 is 78.3. The van der Waals surface area contributed by atoms with Gasteiger partial charge in [-0.1, -0.05) is 0 Å². The molecule has 4 heterocycles. The van der Waals surface area contributed by atoms with Gasteiger partial charge < -0.3 is 58.5 Å². The Morgan fingerprint density at radius 3 is 1.19 bits per heavy atom. The van der Waals surface area contributed by atoms with Crippen LogP contribution >= 0.6 is 31.3 Å². The smallest absolute Gasteiger partial charge is 0.756 e. The minimum absolute atomic E-state index is 0. The van der Waals surface area contributed by atoms with Crippen LogP contribution in [0.25, 0.3) is 0 Å². The van der Waals surface area contributed by atoms with Crippen molar-refractivity contribution in [1.29, 1.82) is 0 Å². The summed E-state index contributed by atoms with van der Waals surface area (Å²) in [4.78, 5) is 97.9. The van der Waals surface area contributed by atoms with Gasteiger partial charge in [-0.05, 0) is 0 Å². The van der Waals surface area contributed by atoms with Crippen molar-refractivity contribution in [2.45, 2.75) is 49.1 Å². The molecule has 2 aliphatic rings. The molecule has 2 fully saturated rings. The Bertz CT molecular complexity index is 1840. The molecule has 0 radical (unpaired) electrons. The van der Waals surface area contributed by atoms with Gasteiger partial charge in [0, 0.05) is 24.5 Å². The van der Waals surface area contributed by atoms with Crippen molar-refractivity contribution in [1.82, 2.24) is 19.1 Å². The van der Waals surface area contributed by atoms with Gasteiger partial charge in [0.15, 0.2) is 12.5 Å². The molecule has 0 saturated carbocycles. The molecule has 2 saturated heterocycles. The Labute approximate surface area is 382 Å². The molecule has 0 amide bonds. The predicted molar refractivity (Wildman–Crippen MR) is 140 cm³/mol. The topological polar surface area (TPSA) is 416 Å². The van der Waals surface area contributed by atoms with E-state index in [1.807, 2.05) is 9.97 Å². The van der Waals surface area contributed by atoms with Crippen molar-refractivity contribution < 1.29 is 208 Å². The molecule has 276 valence electrons. The fraction of sp³-hybridized carbons (Fsp3) is 0.556. The van der Waals surface area contributed by atoms with E-state index in [9.17, 15) is 77.4 Å². The van der Waals surface area contributed by atoms with Gasteiger partial charge >= 0.3 is 130 Å². The van der Waals surface area contributed by atoms with Crippen molar-refractivity contribution in [3.63, 3.8) is 0 Å². The average molecular weight is 878 g/mol. The first-order valence-corrected chi connectivity index (χ1v) is 18.7. The average Bonchev–Trinajstić information content (AvgIpc) is 3.38. The molecule has 12 atom stereocenters. The van der Waals surface area contributed by atoms with Crippen LogP contribution in [0, 0.1) is 0 Å². The zero-order valence-corrected chi connectivity index (χ0v) is 39.1. The Kier molecular flexibility index (Phi) is 22.5. The minimum atomic E-state index is -6.64. The molecule has 4 rings (SSSR count). The number of ether oxygens (including phenoxy) is 2. The van der Waals surface area contributed by atoms with Crippen LogP contribution in [0.5, 0.6) is 0 Å². The van der Waals surface area contributed by atoms with Crippen LogP contribution in [-0.4, -0.2) is 89.4 Å². The van der Waals surface area contributed by atoms with E-state index >= 15 is 0 Å². The number of aromatic nitrogens is 4. The predicted octanol–water partition coefficient (Wildman–Crippen LogP) is -18.7. The molecule has 6 N–H and O–H groups in total. The Morgan fingerprint density at radius 1 is 0.585 bits per heavy atom. The zero-order chi connectivity index (χ0) is 36.7. The molecule has 0 aliphatic carbocycles. The van der Waals surface area contributed by atoms with Gasteiger partial charge in [-0.15, -0.1) is 0 Å². The summed E-state index contributed by atoms with van der Waals surface area (Å²) in [5.41, 5.74) is -3.89. The first kappa shape index (κ1) is 54.7. The SMILES string of the molecule is O=c1ccn([C@@H]2O[C@H](COP(=O)([O-])OP(=O)([O-])OP(=O)([O-])OP(=O)([O-])OC[C@H]3O[C@@H](n4ccc(=O)[nH]c4=O)[C@@H](O)C3O)C(O)C2O)c(=O)[nH]1.[Na+].[Na+].[Na+].[Na+]. The summed E-state index contributed by atoms with van der Waals surface area (Å²) >= 11 is 0. The fourth-order valence-corrected chi connectivity index (χ4v) is 8.97. The van der Waals surface area contributed by atoms with E-state index in [1.165, 1.54) is 0 Å². The Balaban J connectivity index is 0.00000676. The third-order valence-corrected chi connectivity index (χ3v) is 12.0. The van der Waals surface area contributed by atoms with Crippen LogP contribution in [0.4, 0.5) is 0 Å². The minimum Gasteiger partial charge on any atom is -0.756 e. The van der Waals surface area contributed by atoms with Crippen molar-refractivity contribution in [2.24, 2.45) is 0 Å². The second-order valence-corrected chi connectivity index (χ2v) is 15.8. The Hall–Kier alpha value is 1.68.